The van der Waals surface area contributed by atoms with Crippen LogP contribution in [0.15, 0.2) is 0 Å². The van der Waals surface area contributed by atoms with Gasteiger partial charge in [0.2, 0.25) is 0 Å². The first-order chi connectivity index (χ1) is 4.58. The minimum Gasteiger partial charge on any atom is -0.326 e. The lowest BCUT2D eigenvalue weighted by atomic mass is 9.86. The zero-order valence-electron chi connectivity index (χ0n) is 6.59. The van der Waals surface area contributed by atoms with Gasteiger partial charge in [0, 0.05) is 6.04 Å². The second kappa shape index (κ2) is 2.25. The van der Waals surface area contributed by atoms with Gasteiger partial charge in [-0.15, -0.1) is 0 Å². The molecule has 0 amide bonds. The lowest BCUT2D eigenvalue weighted by Gasteiger charge is -2.23. The van der Waals surface area contributed by atoms with Crippen LogP contribution in [0.4, 0.5) is 0 Å². The van der Waals surface area contributed by atoms with Crippen LogP contribution in [0, 0.1) is 22.7 Å². The van der Waals surface area contributed by atoms with Crippen LogP contribution >= 0.6 is 0 Å². The first-order valence-corrected chi connectivity index (χ1v) is 3.73. The molecule has 56 valence electrons. The fourth-order valence-corrected chi connectivity index (χ4v) is 1.56. The quantitative estimate of drug-likeness (QED) is 0.548. The van der Waals surface area contributed by atoms with Crippen LogP contribution in [-0.2, 0) is 0 Å². The number of rotatable bonds is 0. The third-order valence-corrected chi connectivity index (χ3v) is 2.60. The number of hydrogen-bond acceptors (Lipinski definition) is 2. The van der Waals surface area contributed by atoms with E-state index in [1.165, 1.54) is 0 Å². The van der Waals surface area contributed by atoms with Crippen molar-refractivity contribution in [2.45, 2.75) is 32.7 Å². The molecule has 1 aliphatic carbocycles. The van der Waals surface area contributed by atoms with Gasteiger partial charge in [0.25, 0.3) is 0 Å². The molecule has 2 N–H and O–H groups in total. The summed E-state index contributed by atoms with van der Waals surface area (Å²) >= 11 is 0. The molecule has 0 radical (unpaired) electrons. The summed E-state index contributed by atoms with van der Waals surface area (Å²) in [6.45, 7) is 4.27. The highest BCUT2D eigenvalue weighted by atomic mass is 14.7. The minimum absolute atomic E-state index is 0.0810. The average molecular weight is 138 g/mol. The first-order valence-electron chi connectivity index (χ1n) is 3.73. The zero-order chi connectivity index (χ0) is 7.78. The Hall–Kier alpha value is -0.550. The monoisotopic (exact) mass is 138 g/mol. The van der Waals surface area contributed by atoms with Gasteiger partial charge in [0.05, 0.1) is 12.0 Å². The van der Waals surface area contributed by atoms with E-state index in [-0.39, 0.29) is 17.4 Å². The molecule has 1 rings (SSSR count). The average Bonchev–Trinajstić information content (AvgIpc) is 2.10. The maximum atomic E-state index is 8.64. The van der Waals surface area contributed by atoms with Crippen molar-refractivity contribution in [1.29, 1.82) is 5.26 Å². The van der Waals surface area contributed by atoms with E-state index in [0.717, 1.165) is 12.8 Å². The summed E-state index contributed by atoms with van der Waals surface area (Å²) in [6.07, 6.45) is 2.07. The second-order valence-corrected chi connectivity index (χ2v) is 3.79. The molecule has 2 nitrogen and oxygen atoms in total. The predicted molar refractivity (Wildman–Crippen MR) is 40.1 cm³/mol. The Balaban J connectivity index is 2.69. The highest BCUT2D eigenvalue weighted by Gasteiger charge is 2.39. The van der Waals surface area contributed by atoms with Crippen LogP contribution in [0.5, 0.6) is 0 Å². The van der Waals surface area contributed by atoms with Crippen LogP contribution in [0.25, 0.3) is 0 Å². The van der Waals surface area contributed by atoms with E-state index in [1.807, 2.05) is 0 Å². The molecule has 1 aliphatic rings. The van der Waals surface area contributed by atoms with E-state index in [1.54, 1.807) is 0 Å². The van der Waals surface area contributed by atoms with Crippen molar-refractivity contribution in [3.8, 4) is 6.07 Å². The van der Waals surface area contributed by atoms with Crippen molar-refractivity contribution in [2.24, 2.45) is 17.1 Å². The van der Waals surface area contributed by atoms with Crippen LogP contribution in [0.2, 0.25) is 0 Å². The summed E-state index contributed by atoms with van der Waals surface area (Å²) in [5.41, 5.74) is 6.03. The number of nitrogens with two attached hydrogens (primary N) is 1. The van der Waals surface area contributed by atoms with E-state index in [9.17, 15) is 0 Å². The van der Waals surface area contributed by atoms with Crippen molar-refractivity contribution in [3.63, 3.8) is 0 Å². The summed E-state index contributed by atoms with van der Waals surface area (Å²) in [6, 6.07) is 2.33. The summed E-state index contributed by atoms with van der Waals surface area (Å²) in [4.78, 5) is 0. The molecule has 0 spiro atoms. The zero-order valence-corrected chi connectivity index (χ0v) is 6.59. The van der Waals surface area contributed by atoms with Crippen molar-refractivity contribution in [3.05, 3.63) is 0 Å². The van der Waals surface area contributed by atoms with Gasteiger partial charge in [-0.05, 0) is 18.3 Å². The highest BCUT2D eigenvalue weighted by Crippen LogP contribution is 2.39. The van der Waals surface area contributed by atoms with E-state index < -0.39 is 0 Å². The molecule has 0 bridgehead atoms. The van der Waals surface area contributed by atoms with E-state index in [0.29, 0.717) is 0 Å². The Kier molecular flexibility index (Phi) is 1.70. The lowest BCUT2D eigenvalue weighted by molar-refractivity contribution is 0.318. The Morgan fingerprint density at radius 2 is 2.20 bits per heavy atom. The summed E-state index contributed by atoms with van der Waals surface area (Å²) in [5.74, 6) is 0.0926. The molecule has 2 heteroatoms. The topological polar surface area (TPSA) is 49.8 Å². The minimum atomic E-state index is 0.0810. The summed E-state index contributed by atoms with van der Waals surface area (Å²) in [7, 11) is 0. The summed E-state index contributed by atoms with van der Waals surface area (Å²) in [5, 5.41) is 8.64. The normalized spacial score (nSPS) is 37.4. The van der Waals surface area contributed by atoms with Gasteiger partial charge < -0.3 is 5.73 Å². The molecular weight excluding hydrogens is 124 g/mol. The molecule has 0 aromatic rings. The smallest absolute Gasteiger partial charge is 0.0672 e. The maximum absolute atomic E-state index is 8.64. The fourth-order valence-electron chi connectivity index (χ4n) is 1.56. The van der Waals surface area contributed by atoms with E-state index in [2.05, 4.69) is 19.9 Å². The van der Waals surface area contributed by atoms with Gasteiger partial charge in [-0.3, -0.25) is 0 Å². The van der Waals surface area contributed by atoms with Crippen LogP contribution in [0.1, 0.15) is 26.7 Å². The lowest BCUT2D eigenvalue weighted by Crippen LogP contribution is -2.36. The second-order valence-electron chi connectivity index (χ2n) is 3.79. The molecule has 0 saturated heterocycles. The van der Waals surface area contributed by atoms with Crippen molar-refractivity contribution < 1.29 is 0 Å². The van der Waals surface area contributed by atoms with E-state index >= 15 is 0 Å². The van der Waals surface area contributed by atoms with Crippen LogP contribution in [0.3, 0.4) is 0 Å². The molecule has 1 fully saturated rings. The third kappa shape index (κ3) is 1.02. The highest BCUT2D eigenvalue weighted by molar-refractivity contribution is 5.02. The van der Waals surface area contributed by atoms with Gasteiger partial charge in [0.1, 0.15) is 0 Å². The number of hydrogen-bond donors (Lipinski definition) is 1. The molecule has 10 heavy (non-hydrogen) atoms. The molecule has 0 aliphatic heterocycles. The Labute approximate surface area is 62.0 Å². The summed E-state index contributed by atoms with van der Waals surface area (Å²) < 4.78 is 0. The first kappa shape index (κ1) is 7.56. The molecule has 0 heterocycles. The van der Waals surface area contributed by atoms with Gasteiger partial charge >= 0.3 is 0 Å². The SMILES string of the molecule is CC1(C)CCC(C#N)C1N. The Bertz CT molecular complexity index is 167. The van der Waals surface area contributed by atoms with Gasteiger partial charge in [-0.1, -0.05) is 13.8 Å². The van der Waals surface area contributed by atoms with Crippen LogP contribution < -0.4 is 5.73 Å². The van der Waals surface area contributed by atoms with Crippen molar-refractivity contribution in [1.82, 2.24) is 0 Å². The van der Waals surface area contributed by atoms with Gasteiger partial charge in [-0.2, -0.15) is 5.26 Å². The fraction of sp³-hybridized carbons (Fsp3) is 0.875. The molecule has 2 unspecified atom stereocenters. The molecule has 1 saturated carbocycles. The number of nitriles is 1. The number of nitrogens with zero attached hydrogens (tertiary/aromatic N) is 1. The molecule has 0 aromatic heterocycles. The van der Waals surface area contributed by atoms with Gasteiger partial charge in [-0.25, -0.2) is 0 Å². The molecule has 2 atom stereocenters. The largest absolute Gasteiger partial charge is 0.326 e. The van der Waals surface area contributed by atoms with Crippen molar-refractivity contribution in [2.75, 3.05) is 0 Å². The Morgan fingerprint density at radius 1 is 1.60 bits per heavy atom. The van der Waals surface area contributed by atoms with E-state index in [4.69, 9.17) is 11.0 Å². The van der Waals surface area contributed by atoms with Crippen molar-refractivity contribution >= 4 is 0 Å². The van der Waals surface area contributed by atoms with Gasteiger partial charge in [0.15, 0.2) is 0 Å². The molecule has 0 aromatic carbocycles. The standard InChI is InChI=1S/C8H14N2/c1-8(2)4-3-6(5-9)7(8)10/h6-7H,3-4,10H2,1-2H3. The third-order valence-electron chi connectivity index (χ3n) is 2.60. The maximum Gasteiger partial charge on any atom is 0.0672 e. The Morgan fingerprint density at radius 3 is 2.40 bits per heavy atom. The molecular formula is C8H14N2. The predicted octanol–water partition coefficient (Wildman–Crippen LogP) is 1.27. The van der Waals surface area contributed by atoms with Crippen LogP contribution in [-0.4, -0.2) is 6.04 Å².